The molecule has 0 radical (unpaired) electrons. The first-order chi connectivity index (χ1) is 20.6. The minimum atomic E-state index is -0.448. The number of amides is 1. The lowest BCUT2D eigenvalue weighted by Crippen LogP contribution is -2.28. The highest BCUT2D eigenvalue weighted by Crippen LogP contribution is 2.28. The van der Waals surface area contributed by atoms with Crippen LogP contribution in [-0.2, 0) is 11.8 Å². The van der Waals surface area contributed by atoms with E-state index < -0.39 is 5.97 Å². The quantitative estimate of drug-likeness (QED) is 0.0705. The maximum Gasteiger partial charge on any atom is 0.341 e. The summed E-state index contributed by atoms with van der Waals surface area (Å²) in [6.45, 7) is 6.37. The second-order valence-electron chi connectivity index (χ2n) is 10.2. The predicted octanol–water partition coefficient (Wildman–Crippen LogP) is 4.20. The SMILES string of the molecule is CCOC(=O)c1ccc(C)cc1OCCNC(=O)c1ccc2nc(C(C)c3nc4cc(NC(=N)N)ccc4[nH]3)n(C)c2c1. The van der Waals surface area contributed by atoms with E-state index in [0.717, 1.165) is 39.3 Å². The van der Waals surface area contributed by atoms with E-state index in [0.29, 0.717) is 22.6 Å². The molecule has 0 aliphatic rings. The van der Waals surface area contributed by atoms with Gasteiger partial charge in [-0.1, -0.05) is 6.07 Å². The molecule has 222 valence electrons. The maximum absolute atomic E-state index is 13.0. The molecule has 0 saturated carbocycles. The van der Waals surface area contributed by atoms with Crippen molar-refractivity contribution in [2.75, 3.05) is 25.1 Å². The molecule has 12 nitrogen and oxygen atoms in total. The number of carbonyl (C=O) groups is 2. The van der Waals surface area contributed by atoms with Crippen molar-refractivity contribution in [3.05, 3.63) is 82.9 Å². The topological polar surface area (TPSA) is 173 Å². The van der Waals surface area contributed by atoms with Crippen LogP contribution >= 0.6 is 0 Å². The van der Waals surface area contributed by atoms with E-state index >= 15 is 0 Å². The van der Waals surface area contributed by atoms with Gasteiger partial charge in [0.05, 0.1) is 41.1 Å². The summed E-state index contributed by atoms with van der Waals surface area (Å²) in [6.07, 6.45) is 0. The van der Waals surface area contributed by atoms with Crippen molar-refractivity contribution >= 4 is 45.6 Å². The Morgan fingerprint density at radius 1 is 1.09 bits per heavy atom. The summed E-state index contributed by atoms with van der Waals surface area (Å²) in [5, 5.41) is 13.1. The van der Waals surface area contributed by atoms with Crippen molar-refractivity contribution < 1.29 is 19.1 Å². The number of esters is 1. The normalized spacial score (nSPS) is 11.8. The van der Waals surface area contributed by atoms with Crippen LogP contribution in [0.3, 0.4) is 0 Å². The lowest BCUT2D eigenvalue weighted by molar-refractivity contribution is 0.0521. The van der Waals surface area contributed by atoms with Crippen LogP contribution in [0.1, 0.15) is 57.7 Å². The molecule has 0 aliphatic carbocycles. The van der Waals surface area contributed by atoms with Crippen LogP contribution in [-0.4, -0.2) is 57.1 Å². The molecule has 0 bridgehead atoms. The predicted molar refractivity (Wildman–Crippen MR) is 165 cm³/mol. The van der Waals surface area contributed by atoms with E-state index in [1.807, 2.05) is 61.9 Å². The summed E-state index contributed by atoms with van der Waals surface area (Å²) < 4.78 is 12.9. The van der Waals surface area contributed by atoms with Gasteiger partial charge < -0.3 is 35.4 Å². The summed E-state index contributed by atoms with van der Waals surface area (Å²) in [5.41, 5.74) is 11.1. The Labute approximate surface area is 248 Å². The minimum Gasteiger partial charge on any atom is -0.491 e. The van der Waals surface area contributed by atoms with Crippen LogP contribution in [0.2, 0.25) is 0 Å². The van der Waals surface area contributed by atoms with E-state index in [1.54, 1.807) is 25.1 Å². The number of aromatic amines is 1. The average molecular weight is 583 g/mol. The number of H-pyrrole nitrogens is 1. The Balaban J connectivity index is 1.26. The Bertz CT molecular complexity index is 1840. The molecule has 3 aromatic carbocycles. The number of carbonyl (C=O) groups excluding carboxylic acids is 2. The van der Waals surface area contributed by atoms with Crippen molar-refractivity contribution in [2.24, 2.45) is 12.8 Å². The van der Waals surface area contributed by atoms with Gasteiger partial charge in [-0.15, -0.1) is 0 Å². The number of rotatable bonds is 10. The second-order valence-corrected chi connectivity index (χ2v) is 10.2. The number of imidazole rings is 2. The summed E-state index contributed by atoms with van der Waals surface area (Å²) in [6, 6.07) is 16.2. The average Bonchev–Trinajstić information content (AvgIpc) is 3.55. The van der Waals surface area contributed by atoms with Crippen molar-refractivity contribution in [3.63, 3.8) is 0 Å². The van der Waals surface area contributed by atoms with Crippen LogP contribution in [0.15, 0.2) is 54.6 Å². The first-order valence-electron chi connectivity index (χ1n) is 13.9. The molecule has 0 spiro atoms. The molecule has 0 saturated heterocycles. The number of hydrogen-bond donors (Lipinski definition) is 5. The monoisotopic (exact) mass is 582 g/mol. The number of nitrogens with one attached hydrogen (secondary N) is 4. The van der Waals surface area contributed by atoms with Gasteiger partial charge in [0.15, 0.2) is 5.96 Å². The molecule has 6 N–H and O–H groups in total. The fourth-order valence-electron chi connectivity index (χ4n) is 4.88. The third-order valence-electron chi connectivity index (χ3n) is 7.03. The molecule has 43 heavy (non-hydrogen) atoms. The molecular formula is C31H34N8O4. The molecule has 1 unspecified atom stereocenters. The molecule has 2 heterocycles. The number of anilines is 1. The van der Waals surface area contributed by atoms with Gasteiger partial charge >= 0.3 is 5.97 Å². The van der Waals surface area contributed by atoms with Crippen LogP contribution in [0, 0.1) is 12.3 Å². The van der Waals surface area contributed by atoms with Crippen molar-refractivity contribution in [3.8, 4) is 5.75 Å². The van der Waals surface area contributed by atoms with Gasteiger partial charge in [-0.2, -0.15) is 0 Å². The molecule has 12 heteroatoms. The molecule has 5 aromatic rings. The van der Waals surface area contributed by atoms with E-state index in [9.17, 15) is 9.59 Å². The molecule has 5 rings (SSSR count). The van der Waals surface area contributed by atoms with Gasteiger partial charge in [0.25, 0.3) is 5.91 Å². The Morgan fingerprint density at radius 2 is 1.91 bits per heavy atom. The van der Waals surface area contributed by atoms with Crippen molar-refractivity contribution in [1.29, 1.82) is 5.41 Å². The minimum absolute atomic E-state index is 0.142. The molecule has 1 atom stereocenters. The van der Waals surface area contributed by atoms with Gasteiger partial charge in [0.1, 0.15) is 29.6 Å². The Morgan fingerprint density at radius 3 is 2.67 bits per heavy atom. The van der Waals surface area contributed by atoms with Gasteiger partial charge in [-0.25, -0.2) is 14.8 Å². The number of guanidine groups is 1. The number of nitrogens with zero attached hydrogens (tertiary/aromatic N) is 3. The van der Waals surface area contributed by atoms with E-state index in [1.165, 1.54) is 0 Å². The summed E-state index contributed by atoms with van der Waals surface area (Å²) in [5.74, 6) is 0.951. The fourth-order valence-corrected chi connectivity index (χ4v) is 4.88. The molecule has 0 fully saturated rings. The highest BCUT2D eigenvalue weighted by molar-refractivity contribution is 5.97. The fraction of sp³-hybridized carbons (Fsp3) is 0.258. The van der Waals surface area contributed by atoms with Crippen LogP contribution in [0.5, 0.6) is 5.75 Å². The number of fused-ring (bicyclic) bond motifs is 2. The first-order valence-corrected chi connectivity index (χ1v) is 13.9. The van der Waals surface area contributed by atoms with Crippen molar-refractivity contribution in [2.45, 2.75) is 26.7 Å². The Hall–Kier alpha value is -5.39. The van der Waals surface area contributed by atoms with Crippen LogP contribution in [0.4, 0.5) is 5.69 Å². The van der Waals surface area contributed by atoms with Crippen molar-refractivity contribution in [1.82, 2.24) is 24.8 Å². The van der Waals surface area contributed by atoms with Crippen LogP contribution in [0.25, 0.3) is 22.1 Å². The van der Waals surface area contributed by atoms with E-state index in [-0.39, 0.29) is 37.5 Å². The zero-order chi connectivity index (χ0) is 30.7. The van der Waals surface area contributed by atoms with E-state index in [2.05, 4.69) is 15.6 Å². The third kappa shape index (κ3) is 6.27. The lowest BCUT2D eigenvalue weighted by Gasteiger charge is -2.12. The number of aromatic nitrogens is 4. The van der Waals surface area contributed by atoms with Gasteiger partial charge in [-0.05, 0) is 74.9 Å². The van der Waals surface area contributed by atoms with E-state index in [4.69, 9.17) is 30.6 Å². The molecule has 2 aromatic heterocycles. The zero-order valence-electron chi connectivity index (χ0n) is 24.4. The number of benzene rings is 3. The standard InChI is InChI=1S/C31H34N8O4/c1-5-42-30(41)21-9-6-17(2)14-26(21)43-13-12-34-29(40)19-7-10-23-25(15-19)39(4)28(38-23)18(3)27-36-22-11-8-20(35-31(32)33)16-24(22)37-27/h6-11,14-16,18H,5,12-13H2,1-4H3,(H,34,40)(H,36,37)(H4,32,33,35). The molecule has 1 amide bonds. The van der Waals surface area contributed by atoms with Crippen LogP contribution < -0.4 is 21.1 Å². The maximum atomic E-state index is 13.0. The second kappa shape index (κ2) is 12.2. The smallest absolute Gasteiger partial charge is 0.341 e. The summed E-state index contributed by atoms with van der Waals surface area (Å²) in [7, 11) is 1.91. The first kappa shape index (κ1) is 29.1. The summed E-state index contributed by atoms with van der Waals surface area (Å²) in [4.78, 5) is 38.1. The third-order valence-corrected chi connectivity index (χ3v) is 7.03. The number of ether oxygens (including phenoxy) is 2. The van der Waals surface area contributed by atoms with Gasteiger partial charge in [0.2, 0.25) is 0 Å². The number of hydrogen-bond acceptors (Lipinski definition) is 7. The molecular weight excluding hydrogens is 548 g/mol. The highest BCUT2D eigenvalue weighted by atomic mass is 16.5. The number of aryl methyl sites for hydroxylation is 2. The Kier molecular flexibility index (Phi) is 8.28. The highest BCUT2D eigenvalue weighted by Gasteiger charge is 2.21. The zero-order valence-corrected chi connectivity index (χ0v) is 24.4. The van der Waals surface area contributed by atoms with Gasteiger partial charge in [-0.3, -0.25) is 10.2 Å². The lowest BCUT2D eigenvalue weighted by atomic mass is 10.1. The summed E-state index contributed by atoms with van der Waals surface area (Å²) >= 11 is 0. The largest absolute Gasteiger partial charge is 0.491 e. The van der Waals surface area contributed by atoms with Gasteiger partial charge in [0, 0.05) is 18.3 Å². The molecule has 0 aliphatic heterocycles. The number of nitrogens with two attached hydrogens (primary N) is 1.